The Morgan fingerprint density at radius 3 is 2.87 bits per heavy atom. The summed E-state index contributed by atoms with van der Waals surface area (Å²) in [5.74, 6) is 0.443. The van der Waals surface area contributed by atoms with Gasteiger partial charge in [-0.3, -0.25) is 0 Å². The molecule has 15 heavy (non-hydrogen) atoms. The van der Waals surface area contributed by atoms with Crippen LogP contribution in [0, 0.1) is 17.2 Å². The molecule has 1 aromatic rings. The van der Waals surface area contributed by atoms with Gasteiger partial charge in [-0.15, -0.1) is 0 Å². The highest BCUT2D eigenvalue weighted by Crippen LogP contribution is 2.23. The van der Waals surface area contributed by atoms with Gasteiger partial charge in [0.05, 0.1) is 18.2 Å². The number of aromatic nitrogens is 2. The Morgan fingerprint density at radius 2 is 2.27 bits per heavy atom. The molecule has 4 nitrogen and oxygen atoms in total. The molecule has 80 valence electrons. The Kier molecular flexibility index (Phi) is 4.13. The maximum Gasteiger partial charge on any atom is 0.224 e. The standard InChI is InChI=1S/C9H10Cl2N4/c1-6(3-12)5-15(2)8-7(10)4-13-9(11)14-8/h4,6H,5H2,1-2H3. The summed E-state index contributed by atoms with van der Waals surface area (Å²) in [5, 5.41) is 9.25. The smallest absolute Gasteiger partial charge is 0.224 e. The van der Waals surface area contributed by atoms with Gasteiger partial charge >= 0.3 is 0 Å². The van der Waals surface area contributed by atoms with Crippen molar-refractivity contribution in [2.45, 2.75) is 6.92 Å². The molecule has 0 saturated carbocycles. The van der Waals surface area contributed by atoms with Crippen LogP contribution < -0.4 is 4.90 Å². The molecule has 0 radical (unpaired) electrons. The maximum atomic E-state index is 8.69. The minimum absolute atomic E-state index is 0.0974. The molecule has 0 saturated heterocycles. The molecule has 0 aromatic carbocycles. The van der Waals surface area contributed by atoms with Crippen molar-refractivity contribution in [3.8, 4) is 6.07 Å². The SMILES string of the molecule is CC(C#N)CN(C)c1nc(Cl)ncc1Cl. The molecule has 1 atom stereocenters. The van der Waals surface area contributed by atoms with Gasteiger partial charge in [0.1, 0.15) is 5.02 Å². The first-order chi connectivity index (χ1) is 7.04. The number of hydrogen-bond acceptors (Lipinski definition) is 4. The third kappa shape index (κ3) is 3.22. The minimum atomic E-state index is -0.0974. The number of nitriles is 1. The van der Waals surface area contributed by atoms with Crippen LogP contribution in [0.15, 0.2) is 6.20 Å². The van der Waals surface area contributed by atoms with Crippen LogP contribution >= 0.6 is 23.2 Å². The minimum Gasteiger partial charge on any atom is -0.357 e. The maximum absolute atomic E-state index is 8.69. The predicted molar refractivity (Wildman–Crippen MR) is 60.1 cm³/mol. The second-order valence-electron chi connectivity index (χ2n) is 3.22. The molecule has 0 aliphatic rings. The summed E-state index contributed by atoms with van der Waals surface area (Å²) in [5.41, 5.74) is 0. The van der Waals surface area contributed by atoms with Gasteiger partial charge in [-0.2, -0.15) is 10.2 Å². The quantitative estimate of drug-likeness (QED) is 0.767. The van der Waals surface area contributed by atoms with Crippen LogP contribution in [0.3, 0.4) is 0 Å². The zero-order chi connectivity index (χ0) is 11.4. The van der Waals surface area contributed by atoms with Crippen LogP contribution in [0.25, 0.3) is 0 Å². The fraction of sp³-hybridized carbons (Fsp3) is 0.444. The van der Waals surface area contributed by atoms with Crippen LogP contribution in [0.4, 0.5) is 5.82 Å². The average molecular weight is 245 g/mol. The van der Waals surface area contributed by atoms with Crippen LogP contribution in [-0.4, -0.2) is 23.6 Å². The third-order valence-corrected chi connectivity index (χ3v) is 2.27. The highest BCUT2D eigenvalue weighted by atomic mass is 35.5. The largest absolute Gasteiger partial charge is 0.357 e. The summed E-state index contributed by atoms with van der Waals surface area (Å²) in [6.45, 7) is 2.37. The summed E-state index contributed by atoms with van der Waals surface area (Å²) in [6.07, 6.45) is 1.44. The van der Waals surface area contributed by atoms with E-state index in [0.29, 0.717) is 17.4 Å². The Morgan fingerprint density at radius 1 is 1.60 bits per heavy atom. The van der Waals surface area contributed by atoms with E-state index in [9.17, 15) is 0 Å². The summed E-state index contributed by atoms with van der Waals surface area (Å²) < 4.78 is 0. The van der Waals surface area contributed by atoms with E-state index in [2.05, 4.69) is 16.0 Å². The van der Waals surface area contributed by atoms with Crippen molar-refractivity contribution in [1.82, 2.24) is 9.97 Å². The molecule has 0 fully saturated rings. The molecular weight excluding hydrogens is 235 g/mol. The average Bonchev–Trinajstić information content (AvgIpc) is 2.21. The number of nitrogens with zero attached hydrogens (tertiary/aromatic N) is 4. The fourth-order valence-corrected chi connectivity index (χ4v) is 1.51. The predicted octanol–water partition coefficient (Wildman–Crippen LogP) is 2.38. The number of rotatable bonds is 3. The fourth-order valence-electron chi connectivity index (χ4n) is 1.14. The molecule has 0 N–H and O–H groups in total. The van der Waals surface area contributed by atoms with Crippen LogP contribution in [0.1, 0.15) is 6.92 Å². The van der Waals surface area contributed by atoms with E-state index in [-0.39, 0.29) is 11.2 Å². The molecule has 0 aliphatic carbocycles. The Bertz CT molecular complexity index is 388. The number of anilines is 1. The first kappa shape index (κ1) is 12.0. The second-order valence-corrected chi connectivity index (χ2v) is 3.97. The monoisotopic (exact) mass is 244 g/mol. The lowest BCUT2D eigenvalue weighted by Gasteiger charge is -2.19. The van der Waals surface area contributed by atoms with E-state index in [1.807, 2.05) is 6.92 Å². The summed E-state index contributed by atoms with van der Waals surface area (Å²) in [7, 11) is 1.80. The van der Waals surface area contributed by atoms with Crippen molar-refractivity contribution in [1.29, 1.82) is 5.26 Å². The third-order valence-electron chi connectivity index (χ3n) is 1.83. The van der Waals surface area contributed by atoms with Crippen LogP contribution in [-0.2, 0) is 0 Å². The molecule has 0 amide bonds. The van der Waals surface area contributed by atoms with Gasteiger partial charge in [0.2, 0.25) is 5.28 Å². The van der Waals surface area contributed by atoms with E-state index in [1.54, 1.807) is 11.9 Å². The van der Waals surface area contributed by atoms with Gasteiger partial charge in [-0.25, -0.2) is 4.98 Å². The first-order valence-electron chi connectivity index (χ1n) is 4.33. The molecule has 0 spiro atoms. The molecule has 1 aromatic heterocycles. The topological polar surface area (TPSA) is 52.8 Å². The summed E-state index contributed by atoms with van der Waals surface area (Å²) in [6, 6.07) is 2.14. The van der Waals surface area contributed by atoms with E-state index >= 15 is 0 Å². The van der Waals surface area contributed by atoms with E-state index in [4.69, 9.17) is 28.5 Å². The van der Waals surface area contributed by atoms with E-state index in [0.717, 1.165) is 0 Å². The Balaban J connectivity index is 2.86. The lowest BCUT2D eigenvalue weighted by Crippen LogP contribution is -2.24. The van der Waals surface area contributed by atoms with E-state index in [1.165, 1.54) is 6.20 Å². The molecule has 6 heteroatoms. The number of hydrogen-bond donors (Lipinski definition) is 0. The molecule has 1 rings (SSSR count). The summed E-state index contributed by atoms with van der Waals surface area (Å²) >= 11 is 11.6. The normalized spacial score (nSPS) is 11.9. The van der Waals surface area contributed by atoms with Gasteiger partial charge in [-0.1, -0.05) is 11.6 Å². The first-order valence-corrected chi connectivity index (χ1v) is 5.09. The zero-order valence-electron chi connectivity index (χ0n) is 8.41. The van der Waals surface area contributed by atoms with Crippen molar-refractivity contribution in [3.05, 3.63) is 16.5 Å². The van der Waals surface area contributed by atoms with Crippen molar-refractivity contribution in [3.63, 3.8) is 0 Å². The van der Waals surface area contributed by atoms with Gasteiger partial charge in [0.15, 0.2) is 5.82 Å². The van der Waals surface area contributed by atoms with Gasteiger partial charge < -0.3 is 4.90 Å². The highest BCUT2D eigenvalue weighted by molar-refractivity contribution is 6.33. The number of halogens is 2. The molecule has 1 unspecified atom stereocenters. The Hall–Kier alpha value is -1.05. The molecular formula is C9H10Cl2N4. The van der Waals surface area contributed by atoms with Crippen molar-refractivity contribution >= 4 is 29.0 Å². The molecule has 0 aliphatic heterocycles. The van der Waals surface area contributed by atoms with Crippen LogP contribution in [0.2, 0.25) is 10.3 Å². The molecule has 0 bridgehead atoms. The van der Waals surface area contributed by atoms with Gasteiger partial charge in [-0.05, 0) is 18.5 Å². The van der Waals surface area contributed by atoms with Crippen molar-refractivity contribution < 1.29 is 0 Å². The van der Waals surface area contributed by atoms with Crippen molar-refractivity contribution in [2.75, 3.05) is 18.5 Å². The molecule has 1 heterocycles. The second kappa shape index (κ2) is 5.15. The summed E-state index contributed by atoms with van der Waals surface area (Å²) in [4.78, 5) is 9.53. The van der Waals surface area contributed by atoms with Crippen LogP contribution in [0.5, 0.6) is 0 Å². The zero-order valence-corrected chi connectivity index (χ0v) is 9.92. The van der Waals surface area contributed by atoms with E-state index < -0.39 is 0 Å². The van der Waals surface area contributed by atoms with Gasteiger partial charge in [0, 0.05) is 13.6 Å². The lowest BCUT2D eigenvalue weighted by molar-refractivity contribution is 0.709. The van der Waals surface area contributed by atoms with Gasteiger partial charge in [0.25, 0.3) is 0 Å². The lowest BCUT2D eigenvalue weighted by atomic mass is 10.2. The van der Waals surface area contributed by atoms with Crippen molar-refractivity contribution in [2.24, 2.45) is 5.92 Å². The Labute approximate surface area is 98.5 Å². The highest BCUT2D eigenvalue weighted by Gasteiger charge is 2.12.